The summed E-state index contributed by atoms with van der Waals surface area (Å²) in [6, 6.07) is 0. The predicted octanol–water partition coefficient (Wildman–Crippen LogP) is 3.41. The summed E-state index contributed by atoms with van der Waals surface area (Å²) in [4.78, 5) is 27.4. The topological polar surface area (TPSA) is 166 Å². The quantitative estimate of drug-likeness (QED) is 0.0936. The van der Waals surface area contributed by atoms with Crippen molar-refractivity contribution in [3.05, 3.63) is 47.6 Å². The highest BCUT2D eigenvalue weighted by Crippen LogP contribution is 2.79. The van der Waals surface area contributed by atoms with E-state index in [9.17, 15) is 35.1 Å². The van der Waals surface area contributed by atoms with Crippen LogP contribution in [0.5, 0.6) is 0 Å². The number of aliphatic hydroxyl groups excluding tert-OH is 2. The molecule has 1 heterocycles. The molecule has 0 spiro atoms. The lowest BCUT2D eigenvalue weighted by atomic mass is 9.31. The van der Waals surface area contributed by atoms with Crippen molar-refractivity contribution in [2.75, 3.05) is 26.8 Å². The third-order valence-corrected chi connectivity index (χ3v) is 18.3. The van der Waals surface area contributed by atoms with Crippen molar-refractivity contribution in [2.45, 2.75) is 113 Å². The molecule has 0 aromatic heterocycles. The van der Waals surface area contributed by atoms with Gasteiger partial charge in [-0.2, -0.15) is 0 Å². The maximum Gasteiger partial charge on any atom is 0.331 e. The van der Waals surface area contributed by atoms with E-state index in [2.05, 4.69) is 23.5 Å². The van der Waals surface area contributed by atoms with Gasteiger partial charge in [-0.15, -0.1) is 0 Å². The zero-order valence-corrected chi connectivity index (χ0v) is 32.4. The number of aliphatic hydroxyl groups is 5. The van der Waals surface area contributed by atoms with Gasteiger partial charge in [0.2, 0.25) is 0 Å². The van der Waals surface area contributed by atoms with E-state index in [0.717, 1.165) is 49.7 Å². The molecule has 10 aliphatic rings. The number of fused-ring (bicyclic) bond motifs is 7. The van der Waals surface area contributed by atoms with E-state index in [1.54, 1.807) is 13.2 Å². The third kappa shape index (κ3) is 4.51. The normalized spacial score (nSPS) is 54.2. The first-order valence-electron chi connectivity index (χ1n) is 21.6. The largest absolute Gasteiger partial charge is 0.450 e. The first-order valence-corrected chi connectivity index (χ1v) is 21.6. The van der Waals surface area contributed by atoms with Crippen LogP contribution in [-0.4, -0.2) is 99.7 Å². The van der Waals surface area contributed by atoms with E-state index in [-0.39, 0.29) is 36.5 Å². The van der Waals surface area contributed by atoms with E-state index in [4.69, 9.17) is 9.47 Å². The van der Waals surface area contributed by atoms with Gasteiger partial charge < -0.3 is 45.1 Å². The van der Waals surface area contributed by atoms with Crippen LogP contribution in [0.3, 0.4) is 0 Å². The first-order chi connectivity index (χ1) is 26.4. The number of carbonyl (C=O) groups excluding carboxylic acids is 2. The molecule has 0 saturated heterocycles. The van der Waals surface area contributed by atoms with Crippen LogP contribution in [0.2, 0.25) is 0 Å². The number of ether oxygens (including phenoxy) is 2. The number of allylic oxidation sites excluding steroid dienone is 5. The highest BCUT2D eigenvalue weighted by Gasteiger charge is 2.87. The molecule has 1 aliphatic heterocycles. The number of nitrogens with one attached hydrogen (secondary N) is 1. The molecule has 10 heteroatoms. The Hall–Kier alpha value is -2.18. The summed E-state index contributed by atoms with van der Waals surface area (Å²) in [5, 5.41) is 70.2. The number of methoxy groups -OCH3 is 1. The van der Waals surface area contributed by atoms with Crippen molar-refractivity contribution < 1.29 is 44.6 Å². The molecule has 9 aliphatic carbocycles. The van der Waals surface area contributed by atoms with Crippen LogP contribution in [0.1, 0.15) is 77.6 Å². The summed E-state index contributed by atoms with van der Waals surface area (Å²) in [7, 11) is 1.67. The van der Waals surface area contributed by atoms with Crippen LogP contribution in [0.25, 0.3) is 0 Å². The highest BCUT2D eigenvalue weighted by atomic mass is 16.5. The molecule has 300 valence electrons. The van der Waals surface area contributed by atoms with Crippen molar-refractivity contribution in [1.29, 1.82) is 0 Å². The van der Waals surface area contributed by atoms with Crippen molar-refractivity contribution in [3.8, 4) is 0 Å². The van der Waals surface area contributed by atoms with E-state index in [1.165, 1.54) is 12.8 Å². The second-order valence-electron chi connectivity index (χ2n) is 20.0. The Morgan fingerprint density at radius 2 is 1.76 bits per heavy atom. The minimum absolute atomic E-state index is 0.0748. The highest BCUT2D eigenvalue weighted by molar-refractivity contribution is 5.87. The Bertz CT molecular complexity index is 1730. The summed E-state index contributed by atoms with van der Waals surface area (Å²) < 4.78 is 11.2. The standard InChI is InChI=1S/C45H61NO9/c1-41-20-26-11-12-29-17-35(48)33-16-25-9-5-10-30(24-7-3-4-8-24)31(25)18-34-40(50)45(53,39(26)42(29,23-47)44(33,34)52)43(41,51)21-27-15-28(22-46-13-6-14-54-2)38-32(37(27)41)19-36(49)55-38/h5,9,11-12,15,19,23-27,29-31,33-35,37-40,46,48,50-53H,3-4,6-8,10,13-14,16-18,20-22H2,1-2H3. The second kappa shape index (κ2) is 12.7. The van der Waals surface area contributed by atoms with Crippen LogP contribution in [-0.2, 0) is 19.1 Å². The van der Waals surface area contributed by atoms with Gasteiger partial charge in [0.15, 0.2) is 0 Å². The molecule has 6 N–H and O–H groups in total. The van der Waals surface area contributed by atoms with Gasteiger partial charge in [-0.25, -0.2) is 4.79 Å². The van der Waals surface area contributed by atoms with Gasteiger partial charge in [0.25, 0.3) is 0 Å². The minimum Gasteiger partial charge on any atom is -0.450 e. The minimum atomic E-state index is -2.17. The Morgan fingerprint density at radius 3 is 2.53 bits per heavy atom. The molecule has 0 radical (unpaired) electrons. The molecule has 0 amide bonds. The zero-order chi connectivity index (χ0) is 38.3. The molecule has 0 aromatic carbocycles. The van der Waals surface area contributed by atoms with Crippen LogP contribution >= 0.6 is 0 Å². The van der Waals surface area contributed by atoms with Crippen molar-refractivity contribution >= 4 is 12.3 Å². The molecule has 6 fully saturated rings. The number of rotatable bonds is 8. The van der Waals surface area contributed by atoms with Crippen LogP contribution < -0.4 is 5.32 Å². The van der Waals surface area contributed by atoms with E-state index >= 15 is 0 Å². The Kier molecular flexibility index (Phi) is 8.54. The van der Waals surface area contributed by atoms with Gasteiger partial charge in [0, 0.05) is 49.5 Å². The van der Waals surface area contributed by atoms with Gasteiger partial charge >= 0.3 is 5.97 Å². The number of hydrogen-bond acceptors (Lipinski definition) is 10. The molecule has 6 saturated carbocycles. The lowest BCUT2D eigenvalue weighted by molar-refractivity contribution is -0.388. The van der Waals surface area contributed by atoms with Gasteiger partial charge in [0.1, 0.15) is 23.6 Å². The summed E-state index contributed by atoms with van der Waals surface area (Å²) >= 11 is 0. The summed E-state index contributed by atoms with van der Waals surface area (Å²) in [6.45, 7) is 3.85. The van der Waals surface area contributed by atoms with Crippen LogP contribution in [0, 0.1) is 75.9 Å². The Morgan fingerprint density at radius 1 is 0.964 bits per heavy atom. The Balaban J connectivity index is 1.12. The number of hydrogen-bond donors (Lipinski definition) is 6. The monoisotopic (exact) mass is 759 g/mol. The van der Waals surface area contributed by atoms with E-state index in [0.29, 0.717) is 44.2 Å². The van der Waals surface area contributed by atoms with Gasteiger partial charge in [-0.1, -0.05) is 63.0 Å². The number of carbonyl (C=O) groups is 2. The number of aldehydes is 1. The summed E-state index contributed by atoms with van der Waals surface area (Å²) in [5.41, 5.74) is -6.67. The van der Waals surface area contributed by atoms with Crippen LogP contribution in [0.15, 0.2) is 47.6 Å². The average molecular weight is 760 g/mol. The Labute approximate surface area is 324 Å². The second-order valence-corrected chi connectivity index (χ2v) is 20.0. The molecule has 10 nitrogen and oxygen atoms in total. The van der Waals surface area contributed by atoms with Crippen molar-refractivity contribution in [3.63, 3.8) is 0 Å². The van der Waals surface area contributed by atoms with Crippen LogP contribution in [0.4, 0.5) is 0 Å². The van der Waals surface area contributed by atoms with Gasteiger partial charge in [-0.05, 0) is 110 Å². The van der Waals surface area contributed by atoms with E-state index < -0.39 is 81.5 Å². The van der Waals surface area contributed by atoms with E-state index in [1.807, 2.05) is 19.1 Å². The first kappa shape index (κ1) is 37.1. The lowest BCUT2D eigenvalue weighted by Crippen LogP contribution is -2.88. The molecule has 0 bridgehead atoms. The fourth-order valence-electron chi connectivity index (χ4n) is 16.4. The third-order valence-electron chi connectivity index (χ3n) is 18.3. The maximum atomic E-state index is 14.3. The van der Waals surface area contributed by atoms with Gasteiger partial charge in [0.05, 0.1) is 23.2 Å². The summed E-state index contributed by atoms with van der Waals surface area (Å²) in [6.07, 6.45) is 18.4. The molecule has 10 rings (SSSR count). The fourth-order valence-corrected chi connectivity index (χ4v) is 16.4. The zero-order valence-electron chi connectivity index (χ0n) is 32.4. The molecule has 18 atom stereocenters. The maximum absolute atomic E-state index is 14.3. The molecule has 18 unspecified atom stereocenters. The summed E-state index contributed by atoms with van der Waals surface area (Å²) in [5.74, 6) is -3.57. The van der Waals surface area contributed by atoms with Crippen molar-refractivity contribution in [1.82, 2.24) is 5.32 Å². The number of esters is 1. The molecular weight excluding hydrogens is 698 g/mol. The molecular formula is C45H61NO9. The molecule has 55 heavy (non-hydrogen) atoms. The van der Waals surface area contributed by atoms with Gasteiger partial charge in [-0.3, -0.25) is 0 Å². The molecule has 0 aromatic rings. The lowest BCUT2D eigenvalue weighted by Gasteiger charge is -2.76. The van der Waals surface area contributed by atoms with Crippen molar-refractivity contribution in [2.24, 2.45) is 75.9 Å². The SMILES string of the molecule is COCCCNCC1=CC2CC3(O)C(C)(CC4C=CC5CC(O)C6CC7C=CCC(C8CCCC8)C7CC7C(O)C3(O)C4C5(C=O)C67O)C2C2=CC(=O)OC12. The predicted molar refractivity (Wildman–Crippen MR) is 202 cm³/mol. The fraction of sp³-hybridized carbons (Fsp3) is 0.778. The average Bonchev–Trinajstić information content (AvgIpc) is 3.86. The smallest absolute Gasteiger partial charge is 0.331 e.